The van der Waals surface area contributed by atoms with Crippen LogP contribution in [0.5, 0.6) is 0 Å². The van der Waals surface area contributed by atoms with Crippen LogP contribution in [0.3, 0.4) is 0 Å². The van der Waals surface area contributed by atoms with Gasteiger partial charge in [0.25, 0.3) is 4.34 Å². The maximum absolute atomic E-state index is 11.6. The molecule has 0 aliphatic carbocycles. The fraction of sp³-hybridized carbons (Fsp3) is 0.526. The minimum atomic E-state index is -0.142. The lowest BCUT2D eigenvalue weighted by Gasteiger charge is -2.02. The van der Waals surface area contributed by atoms with Crippen molar-refractivity contribution in [1.82, 2.24) is 0 Å². The Balaban J connectivity index is 0.00000364. The number of hydrogen-bond donors (Lipinski definition) is 0. The number of esters is 2. The number of rotatable bonds is 11. The van der Waals surface area contributed by atoms with Crippen LogP contribution in [0.1, 0.15) is 39.5 Å². The van der Waals surface area contributed by atoms with Gasteiger partial charge in [-0.25, -0.2) is 0 Å². The van der Waals surface area contributed by atoms with Gasteiger partial charge in [0.05, 0.1) is 19.6 Å². The summed E-state index contributed by atoms with van der Waals surface area (Å²) >= 11 is 3.52. The van der Waals surface area contributed by atoms with E-state index >= 15 is 0 Å². The SMILES string of the molecule is CCOC(=O)CCCSc1sc2ccccc2[n+]1CCCC(=O)OCC.[Br-]. The summed E-state index contributed by atoms with van der Waals surface area (Å²) in [4.78, 5) is 23.0. The summed E-state index contributed by atoms with van der Waals surface area (Å²) in [5, 5.41) is 0. The standard InChI is InChI=1S/C19H26NO4S2.BrH/c1-3-23-17(21)11-7-13-20-15-9-5-6-10-16(15)26-19(20)25-14-8-12-18(22)24-4-2;/h5-6,9-10H,3-4,7-8,11-14H2,1-2H3;1H/q+1;/p-1. The molecule has 0 saturated carbocycles. The first-order valence-electron chi connectivity index (χ1n) is 9.01. The maximum atomic E-state index is 11.6. The molecule has 0 fully saturated rings. The predicted molar refractivity (Wildman–Crippen MR) is 104 cm³/mol. The van der Waals surface area contributed by atoms with Gasteiger partial charge in [-0.1, -0.05) is 23.5 Å². The molecule has 150 valence electrons. The van der Waals surface area contributed by atoms with E-state index in [1.807, 2.05) is 26.0 Å². The number of aromatic nitrogens is 1. The van der Waals surface area contributed by atoms with Crippen molar-refractivity contribution in [3.8, 4) is 0 Å². The Hall–Kier alpha value is -1.12. The molecule has 27 heavy (non-hydrogen) atoms. The number of nitrogens with zero attached hydrogens (tertiary/aromatic N) is 1. The van der Waals surface area contributed by atoms with Gasteiger partial charge < -0.3 is 26.5 Å². The molecule has 0 saturated heterocycles. The van der Waals surface area contributed by atoms with Crippen LogP contribution >= 0.6 is 23.1 Å². The van der Waals surface area contributed by atoms with Crippen molar-refractivity contribution in [2.24, 2.45) is 0 Å². The highest BCUT2D eigenvalue weighted by molar-refractivity contribution is 8.01. The number of carbonyl (C=O) groups is 2. The Morgan fingerprint density at radius 1 is 1.04 bits per heavy atom. The largest absolute Gasteiger partial charge is 1.00 e. The number of thioether (sulfide) groups is 1. The third-order valence-corrected chi connectivity index (χ3v) is 6.22. The van der Waals surface area contributed by atoms with E-state index in [0.29, 0.717) is 26.1 Å². The van der Waals surface area contributed by atoms with Gasteiger partial charge in [-0.3, -0.25) is 9.59 Å². The number of hydrogen-bond acceptors (Lipinski definition) is 6. The number of aryl methyl sites for hydroxylation is 1. The number of ether oxygens (including phenoxy) is 2. The first kappa shape index (κ1) is 23.9. The highest BCUT2D eigenvalue weighted by Crippen LogP contribution is 2.28. The molecule has 0 radical (unpaired) electrons. The zero-order chi connectivity index (χ0) is 18.8. The van der Waals surface area contributed by atoms with E-state index in [1.165, 1.54) is 14.6 Å². The van der Waals surface area contributed by atoms with Gasteiger partial charge in [0.15, 0.2) is 6.54 Å². The Labute approximate surface area is 179 Å². The van der Waals surface area contributed by atoms with Gasteiger partial charge in [-0.2, -0.15) is 4.57 Å². The van der Waals surface area contributed by atoms with Crippen LogP contribution in [-0.2, 0) is 25.6 Å². The van der Waals surface area contributed by atoms with E-state index in [0.717, 1.165) is 25.1 Å². The number of carbonyl (C=O) groups excluding carboxylic acids is 2. The molecule has 0 amide bonds. The lowest BCUT2D eigenvalue weighted by atomic mass is 10.3. The molecule has 2 rings (SSSR count). The Morgan fingerprint density at radius 2 is 1.67 bits per heavy atom. The van der Waals surface area contributed by atoms with Crippen LogP contribution in [0.25, 0.3) is 10.2 Å². The molecule has 0 N–H and O–H groups in total. The summed E-state index contributed by atoms with van der Waals surface area (Å²) < 4.78 is 14.7. The molecule has 1 aromatic heterocycles. The van der Waals surface area contributed by atoms with Crippen LogP contribution in [0.4, 0.5) is 0 Å². The van der Waals surface area contributed by atoms with Crippen molar-refractivity contribution in [2.45, 2.75) is 50.4 Å². The molecule has 1 heterocycles. The lowest BCUT2D eigenvalue weighted by Crippen LogP contribution is -3.00. The topological polar surface area (TPSA) is 56.5 Å². The summed E-state index contributed by atoms with van der Waals surface area (Å²) in [5.41, 5.74) is 1.19. The van der Waals surface area contributed by atoms with Crippen LogP contribution in [0, 0.1) is 0 Å². The minimum Gasteiger partial charge on any atom is -1.00 e. The second kappa shape index (κ2) is 13.1. The zero-order valence-electron chi connectivity index (χ0n) is 15.7. The minimum absolute atomic E-state index is 0. The molecular formula is C19H26BrNO4S2. The number of benzene rings is 1. The molecule has 2 aromatic rings. The molecule has 1 aromatic carbocycles. The van der Waals surface area contributed by atoms with Gasteiger partial charge >= 0.3 is 11.9 Å². The molecule has 0 bridgehead atoms. The van der Waals surface area contributed by atoms with E-state index in [4.69, 9.17) is 9.47 Å². The number of halogens is 1. The van der Waals surface area contributed by atoms with Crippen LogP contribution in [0.15, 0.2) is 28.6 Å². The van der Waals surface area contributed by atoms with Crippen LogP contribution in [0.2, 0.25) is 0 Å². The molecule has 8 heteroatoms. The fourth-order valence-corrected chi connectivity index (χ4v) is 5.04. The van der Waals surface area contributed by atoms with E-state index in [2.05, 4.69) is 16.7 Å². The van der Waals surface area contributed by atoms with Gasteiger partial charge in [-0.15, -0.1) is 0 Å². The smallest absolute Gasteiger partial charge is 0.306 e. The van der Waals surface area contributed by atoms with E-state index in [9.17, 15) is 9.59 Å². The molecule has 0 spiro atoms. The van der Waals surface area contributed by atoms with E-state index in [-0.39, 0.29) is 28.9 Å². The molecule has 0 aliphatic heterocycles. The number of para-hydroxylation sites is 1. The molecule has 0 unspecified atom stereocenters. The van der Waals surface area contributed by atoms with Crippen LogP contribution < -0.4 is 21.5 Å². The lowest BCUT2D eigenvalue weighted by molar-refractivity contribution is -0.702. The third kappa shape index (κ3) is 7.79. The number of fused-ring (bicyclic) bond motifs is 1. The van der Waals surface area contributed by atoms with Crippen LogP contribution in [-0.4, -0.2) is 30.9 Å². The number of thiazole rings is 1. The molecule has 0 atom stereocenters. The van der Waals surface area contributed by atoms with Gasteiger partial charge in [0.1, 0.15) is 4.70 Å². The fourth-order valence-electron chi connectivity index (χ4n) is 2.56. The normalized spacial score (nSPS) is 10.4. The second-order valence-corrected chi connectivity index (χ2v) is 8.03. The van der Waals surface area contributed by atoms with Gasteiger partial charge in [0, 0.05) is 24.7 Å². The zero-order valence-corrected chi connectivity index (χ0v) is 19.0. The monoisotopic (exact) mass is 475 g/mol. The molecule has 0 aliphatic rings. The average Bonchev–Trinajstić information content (AvgIpc) is 2.97. The highest BCUT2D eigenvalue weighted by Gasteiger charge is 2.21. The van der Waals surface area contributed by atoms with Gasteiger partial charge in [0.2, 0.25) is 5.52 Å². The van der Waals surface area contributed by atoms with Crippen molar-refractivity contribution in [3.63, 3.8) is 0 Å². The van der Waals surface area contributed by atoms with Crippen molar-refractivity contribution < 1.29 is 40.6 Å². The van der Waals surface area contributed by atoms with E-state index in [1.54, 1.807) is 23.1 Å². The summed E-state index contributed by atoms with van der Waals surface area (Å²) in [5.74, 6) is 0.590. The Morgan fingerprint density at radius 3 is 2.33 bits per heavy atom. The van der Waals surface area contributed by atoms with E-state index < -0.39 is 0 Å². The first-order valence-corrected chi connectivity index (χ1v) is 10.8. The summed E-state index contributed by atoms with van der Waals surface area (Å²) in [6.45, 7) is 5.29. The van der Waals surface area contributed by atoms with Crippen molar-refractivity contribution in [1.29, 1.82) is 0 Å². The average molecular weight is 476 g/mol. The molecular weight excluding hydrogens is 450 g/mol. The summed E-state index contributed by atoms with van der Waals surface area (Å²) in [6, 6.07) is 8.30. The van der Waals surface area contributed by atoms with Crippen molar-refractivity contribution in [2.75, 3.05) is 19.0 Å². The first-order chi connectivity index (χ1) is 12.7. The maximum Gasteiger partial charge on any atom is 0.306 e. The quantitative estimate of drug-likeness (QED) is 0.210. The van der Waals surface area contributed by atoms with Crippen molar-refractivity contribution in [3.05, 3.63) is 24.3 Å². The summed E-state index contributed by atoms with van der Waals surface area (Å²) in [7, 11) is 0. The Kier molecular flexibility index (Phi) is 11.6. The Bertz CT molecular complexity index is 736. The second-order valence-electron chi connectivity index (χ2n) is 5.65. The summed E-state index contributed by atoms with van der Waals surface area (Å²) in [6.07, 6.45) is 2.42. The van der Waals surface area contributed by atoms with Crippen molar-refractivity contribution >= 4 is 45.3 Å². The third-order valence-electron chi connectivity index (χ3n) is 3.70. The highest BCUT2D eigenvalue weighted by atomic mass is 79.9. The molecule has 5 nitrogen and oxygen atoms in total. The predicted octanol–water partition coefficient (Wildman–Crippen LogP) is 0.971. The van der Waals surface area contributed by atoms with Gasteiger partial charge in [-0.05, 0) is 38.1 Å².